The highest BCUT2D eigenvalue weighted by Crippen LogP contribution is 2.35. The molecular formula is C30H43ClFN5O2. The lowest BCUT2D eigenvalue weighted by Crippen LogP contribution is -2.54. The van der Waals surface area contributed by atoms with Crippen molar-refractivity contribution in [3.63, 3.8) is 0 Å². The number of carbonyl (C=O) groups is 2. The molecule has 214 valence electrons. The van der Waals surface area contributed by atoms with Crippen LogP contribution in [0.3, 0.4) is 0 Å². The minimum absolute atomic E-state index is 0.0440. The Morgan fingerprint density at radius 1 is 1.15 bits per heavy atom. The van der Waals surface area contributed by atoms with Gasteiger partial charge in [0.1, 0.15) is 5.82 Å². The topological polar surface area (TPSA) is 67.9 Å². The number of nitrogens with zero attached hydrogens (tertiary/aromatic N) is 3. The molecule has 2 unspecified atom stereocenters. The summed E-state index contributed by atoms with van der Waals surface area (Å²) in [7, 11) is 3.87. The van der Waals surface area contributed by atoms with Crippen molar-refractivity contribution in [2.24, 2.45) is 11.8 Å². The number of nitrogens with one attached hydrogen (secondary N) is 2. The van der Waals surface area contributed by atoms with Crippen LogP contribution in [-0.4, -0.2) is 81.0 Å². The van der Waals surface area contributed by atoms with Crippen LogP contribution in [0.15, 0.2) is 41.0 Å². The summed E-state index contributed by atoms with van der Waals surface area (Å²) >= 11 is 6.15. The summed E-state index contributed by atoms with van der Waals surface area (Å²) in [5.41, 5.74) is 2.62. The summed E-state index contributed by atoms with van der Waals surface area (Å²) in [5, 5.41) is 7.45. The molecule has 3 atom stereocenters. The fraction of sp³-hybridized carbons (Fsp3) is 0.600. The predicted molar refractivity (Wildman–Crippen MR) is 155 cm³/mol. The van der Waals surface area contributed by atoms with Gasteiger partial charge in [0.25, 0.3) is 0 Å². The van der Waals surface area contributed by atoms with Crippen molar-refractivity contribution in [3.05, 3.63) is 52.3 Å². The van der Waals surface area contributed by atoms with E-state index in [4.69, 9.17) is 11.6 Å². The number of allylic oxidation sites excluding steroid dienone is 3. The molecule has 1 aliphatic carbocycles. The Kier molecular flexibility index (Phi) is 10.1. The molecule has 2 fully saturated rings. The average molecular weight is 560 g/mol. The number of anilines is 1. The first-order valence-electron chi connectivity index (χ1n) is 14.2. The van der Waals surface area contributed by atoms with Gasteiger partial charge in [-0.1, -0.05) is 49.2 Å². The van der Waals surface area contributed by atoms with E-state index in [9.17, 15) is 9.59 Å². The van der Waals surface area contributed by atoms with Crippen molar-refractivity contribution in [1.82, 2.24) is 20.4 Å². The van der Waals surface area contributed by atoms with E-state index >= 15 is 4.39 Å². The maximum absolute atomic E-state index is 15.4. The van der Waals surface area contributed by atoms with Gasteiger partial charge in [0.05, 0.1) is 17.8 Å². The lowest BCUT2D eigenvalue weighted by atomic mass is 9.86. The van der Waals surface area contributed by atoms with Crippen LogP contribution < -0.4 is 15.5 Å². The van der Waals surface area contributed by atoms with Gasteiger partial charge in [-0.2, -0.15) is 0 Å². The number of para-hydroxylation sites is 1. The molecule has 2 saturated heterocycles. The first-order chi connectivity index (χ1) is 18.7. The zero-order valence-corrected chi connectivity index (χ0v) is 24.4. The van der Waals surface area contributed by atoms with Gasteiger partial charge >= 0.3 is 0 Å². The quantitative estimate of drug-likeness (QED) is 0.478. The Labute approximate surface area is 237 Å². The summed E-state index contributed by atoms with van der Waals surface area (Å²) in [5.74, 6) is 0.0608. The Hall–Kier alpha value is -2.42. The summed E-state index contributed by atoms with van der Waals surface area (Å²) in [6.07, 6.45) is 7.12. The normalized spacial score (nSPS) is 22.7. The van der Waals surface area contributed by atoms with Crippen LogP contribution in [0.2, 0.25) is 0 Å². The molecule has 0 radical (unpaired) electrons. The number of halogens is 2. The monoisotopic (exact) mass is 559 g/mol. The fourth-order valence-corrected chi connectivity index (χ4v) is 6.09. The summed E-state index contributed by atoms with van der Waals surface area (Å²) < 4.78 is 15.4. The number of amides is 2. The maximum Gasteiger partial charge on any atom is 0.240 e. The largest absolute Gasteiger partial charge is 0.365 e. The van der Waals surface area contributed by atoms with Gasteiger partial charge in [0.2, 0.25) is 11.8 Å². The minimum atomic E-state index is -0.306. The van der Waals surface area contributed by atoms with E-state index in [1.54, 1.807) is 6.07 Å². The molecule has 0 aromatic heterocycles. The van der Waals surface area contributed by atoms with E-state index in [2.05, 4.69) is 16.7 Å². The van der Waals surface area contributed by atoms with Crippen molar-refractivity contribution >= 4 is 29.1 Å². The fourth-order valence-electron chi connectivity index (χ4n) is 5.94. The Morgan fingerprint density at radius 3 is 2.54 bits per heavy atom. The van der Waals surface area contributed by atoms with Crippen LogP contribution in [0.4, 0.5) is 10.1 Å². The van der Waals surface area contributed by atoms with Crippen LogP contribution in [-0.2, 0) is 9.59 Å². The molecule has 9 heteroatoms. The highest BCUT2D eigenvalue weighted by molar-refractivity contribution is 6.29. The first-order valence-corrected chi connectivity index (χ1v) is 14.6. The van der Waals surface area contributed by atoms with E-state index in [-0.39, 0.29) is 41.6 Å². The van der Waals surface area contributed by atoms with Crippen molar-refractivity contribution in [1.29, 1.82) is 0 Å². The predicted octanol–water partition coefficient (Wildman–Crippen LogP) is 4.06. The van der Waals surface area contributed by atoms with Crippen molar-refractivity contribution in [2.75, 3.05) is 58.3 Å². The van der Waals surface area contributed by atoms with E-state index in [1.807, 2.05) is 54.8 Å². The zero-order valence-electron chi connectivity index (χ0n) is 23.7. The molecule has 0 spiro atoms. The highest BCUT2D eigenvalue weighted by atomic mass is 35.5. The summed E-state index contributed by atoms with van der Waals surface area (Å²) in [6, 6.07) is 4.58. The van der Waals surface area contributed by atoms with E-state index in [1.165, 1.54) is 11.6 Å². The molecule has 0 saturated carbocycles. The van der Waals surface area contributed by atoms with Gasteiger partial charge in [0.15, 0.2) is 0 Å². The molecule has 2 N–H and O–H groups in total. The Bertz CT molecular complexity index is 1100. The van der Waals surface area contributed by atoms with Gasteiger partial charge in [0, 0.05) is 55.7 Å². The van der Waals surface area contributed by atoms with Crippen LogP contribution in [0, 0.1) is 17.7 Å². The number of carbonyl (C=O) groups excluding carboxylic acids is 2. The molecule has 2 heterocycles. The number of hydrogen-bond acceptors (Lipinski definition) is 5. The van der Waals surface area contributed by atoms with Crippen LogP contribution in [0.1, 0.15) is 51.1 Å². The van der Waals surface area contributed by atoms with Crippen molar-refractivity contribution in [2.45, 2.75) is 51.6 Å². The molecule has 7 nitrogen and oxygen atoms in total. The first kappa shape index (κ1) is 29.6. The van der Waals surface area contributed by atoms with Crippen LogP contribution in [0.25, 0.3) is 0 Å². The van der Waals surface area contributed by atoms with Crippen LogP contribution >= 0.6 is 11.6 Å². The molecule has 1 aromatic rings. The van der Waals surface area contributed by atoms with Gasteiger partial charge in [-0.05, 0) is 58.0 Å². The number of hydrogen-bond donors (Lipinski definition) is 2. The molecule has 2 amide bonds. The molecule has 4 rings (SSSR count). The Morgan fingerprint density at radius 2 is 1.90 bits per heavy atom. The average Bonchev–Trinajstić information content (AvgIpc) is 3.40. The maximum atomic E-state index is 15.4. The van der Waals surface area contributed by atoms with Gasteiger partial charge < -0.3 is 25.3 Å². The van der Waals surface area contributed by atoms with E-state index in [0.29, 0.717) is 44.8 Å². The lowest BCUT2D eigenvalue weighted by Gasteiger charge is -2.40. The smallest absolute Gasteiger partial charge is 0.240 e. The van der Waals surface area contributed by atoms with Crippen LogP contribution in [0.5, 0.6) is 0 Å². The van der Waals surface area contributed by atoms with Crippen molar-refractivity contribution in [3.8, 4) is 0 Å². The second-order valence-corrected chi connectivity index (χ2v) is 12.0. The molecule has 39 heavy (non-hydrogen) atoms. The second-order valence-electron chi connectivity index (χ2n) is 11.5. The number of benzene rings is 1. The van der Waals surface area contributed by atoms with Gasteiger partial charge in [-0.3, -0.25) is 9.59 Å². The standard InChI is InChI=1S/C30H43ClFN5O2/c1-20(2)27(34-26(38)13-15-35(3)4)24-6-5-7-25(32)29(24)36-16-18-37(19-17-36)30(39)28-23(12-14-33-28)21-8-10-22(31)11-9-21/h5-8,10,20,23,27-28,33H,9,11-19H2,1-4H3,(H,34,38)/t23?,27-,28?/m0/s1. The number of piperazine rings is 1. The van der Waals surface area contributed by atoms with Crippen molar-refractivity contribution < 1.29 is 14.0 Å². The summed E-state index contributed by atoms with van der Waals surface area (Å²) in [6.45, 7) is 7.70. The van der Waals surface area contributed by atoms with E-state index in [0.717, 1.165) is 36.4 Å². The van der Waals surface area contributed by atoms with Gasteiger partial charge in [-0.25, -0.2) is 4.39 Å². The van der Waals surface area contributed by atoms with E-state index < -0.39 is 0 Å². The second kappa shape index (κ2) is 13.3. The van der Waals surface area contributed by atoms with Gasteiger partial charge in [-0.15, -0.1) is 0 Å². The third kappa shape index (κ3) is 7.21. The Balaban J connectivity index is 1.44. The lowest BCUT2D eigenvalue weighted by molar-refractivity contribution is -0.134. The molecule has 2 aliphatic heterocycles. The molecular weight excluding hydrogens is 517 g/mol. The molecule has 1 aromatic carbocycles. The zero-order chi connectivity index (χ0) is 28.1. The SMILES string of the molecule is CC(C)[C@H](NC(=O)CCN(C)C)c1cccc(F)c1N1CCN(C(=O)C2NCCC2C2=CC=C(Cl)CC2)CC1. The third-order valence-electron chi connectivity index (χ3n) is 8.12. The minimum Gasteiger partial charge on any atom is -0.365 e. The number of rotatable bonds is 9. The molecule has 0 bridgehead atoms. The highest BCUT2D eigenvalue weighted by Gasteiger charge is 2.38. The third-order valence-corrected chi connectivity index (χ3v) is 8.44. The summed E-state index contributed by atoms with van der Waals surface area (Å²) in [4.78, 5) is 32.2. The molecule has 3 aliphatic rings.